The number of hydrogen-bond donors (Lipinski definition) is 2. The summed E-state index contributed by atoms with van der Waals surface area (Å²) in [6.45, 7) is 2.01. The van der Waals surface area contributed by atoms with Crippen molar-refractivity contribution in [2.24, 2.45) is 5.73 Å². The average molecular weight is 228 g/mol. The Morgan fingerprint density at radius 2 is 2.00 bits per heavy atom. The van der Waals surface area contributed by atoms with Crippen LogP contribution in [0.4, 0.5) is 0 Å². The van der Waals surface area contributed by atoms with E-state index in [-0.39, 0.29) is 0 Å². The van der Waals surface area contributed by atoms with Crippen molar-refractivity contribution in [3.8, 4) is 0 Å². The molecule has 0 amide bonds. The van der Waals surface area contributed by atoms with Crippen LogP contribution in [0.2, 0.25) is 5.02 Å². The van der Waals surface area contributed by atoms with Gasteiger partial charge in [0.25, 0.3) is 0 Å². The van der Waals surface area contributed by atoms with Gasteiger partial charge >= 0.3 is 5.97 Å². The van der Waals surface area contributed by atoms with Crippen molar-refractivity contribution in [2.75, 3.05) is 6.54 Å². The maximum atomic E-state index is 11.2. The van der Waals surface area contributed by atoms with Gasteiger partial charge in [-0.05, 0) is 37.6 Å². The largest absolute Gasteiger partial charge is 0.481 e. The van der Waals surface area contributed by atoms with Crippen molar-refractivity contribution >= 4 is 17.6 Å². The van der Waals surface area contributed by atoms with Gasteiger partial charge in [0.05, 0.1) is 5.41 Å². The normalized spacial score (nSPS) is 14.6. The summed E-state index contributed by atoms with van der Waals surface area (Å²) < 4.78 is 0. The number of aliphatic carboxylic acids is 1. The smallest absolute Gasteiger partial charge is 0.313 e. The number of rotatable bonds is 4. The summed E-state index contributed by atoms with van der Waals surface area (Å²) in [4.78, 5) is 11.2. The zero-order valence-corrected chi connectivity index (χ0v) is 9.29. The highest BCUT2D eigenvalue weighted by atomic mass is 35.5. The molecule has 0 aliphatic carbocycles. The van der Waals surface area contributed by atoms with E-state index in [1.807, 2.05) is 0 Å². The van der Waals surface area contributed by atoms with Crippen molar-refractivity contribution in [2.45, 2.75) is 18.8 Å². The van der Waals surface area contributed by atoms with Gasteiger partial charge in [-0.15, -0.1) is 0 Å². The van der Waals surface area contributed by atoms with Gasteiger partial charge in [0, 0.05) is 5.02 Å². The number of hydrogen-bond acceptors (Lipinski definition) is 2. The molecule has 0 aliphatic rings. The minimum absolute atomic E-state index is 0.339. The van der Waals surface area contributed by atoms with E-state index in [1.54, 1.807) is 31.2 Å². The second kappa shape index (κ2) is 4.64. The maximum Gasteiger partial charge on any atom is 0.313 e. The zero-order valence-electron chi connectivity index (χ0n) is 8.53. The molecule has 0 heterocycles. The lowest BCUT2D eigenvalue weighted by molar-refractivity contribution is -0.143. The first-order valence-corrected chi connectivity index (χ1v) is 5.08. The highest BCUT2D eigenvalue weighted by Gasteiger charge is 2.34. The molecule has 0 saturated carbocycles. The molecule has 0 saturated heterocycles. The van der Waals surface area contributed by atoms with Crippen LogP contribution in [0.25, 0.3) is 0 Å². The Kier molecular flexibility index (Phi) is 3.72. The molecule has 4 heteroatoms. The van der Waals surface area contributed by atoms with Gasteiger partial charge in [-0.25, -0.2) is 0 Å². The Morgan fingerprint density at radius 3 is 2.40 bits per heavy atom. The topological polar surface area (TPSA) is 63.3 Å². The highest BCUT2D eigenvalue weighted by Crippen LogP contribution is 2.28. The fourth-order valence-corrected chi connectivity index (χ4v) is 1.61. The summed E-state index contributed by atoms with van der Waals surface area (Å²) in [5, 5.41) is 9.79. The molecular weight excluding hydrogens is 214 g/mol. The Bertz CT molecular complexity index is 350. The molecule has 0 fully saturated rings. The standard InChI is InChI=1S/C11H14ClNO2/c1-11(6-7-13,10(14)15)8-2-4-9(12)5-3-8/h2-5H,6-7,13H2,1H3,(H,14,15). The van der Waals surface area contributed by atoms with E-state index in [9.17, 15) is 9.90 Å². The van der Waals surface area contributed by atoms with E-state index in [4.69, 9.17) is 17.3 Å². The molecule has 1 rings (SSSR count). The molecule has 1 atom stereocenters. The van der Waals surface area contributed by atoms with Crippen LogP contribution in [-0.2, 0) is 10.2 Å². The molecule has 82 valence electrons. The number of halogens is 1. The van der Waals surface area contributed by atoms with Crippen LogP contribution in [0, 0.1) is 0 Å². The predicted molar refractivity (Wildman–Crippen MR) is 60.1 cm³/mol. The highest BCUT2D eigenvalue weighted by molar-refractivity contribution is 6.30. The third-order valence-electron chi connectivity index (χ3n) is 2.60. The Hall–Kier alpha value is -1.06. The van der Waals surface area contributed by atoms with Crippen LogP contribution >= 0.6 is 11.6 Å². The minimum Gasteiger partial charge on any atom is -0.481 e. The van der Waals surface area contributed by atoms with Crippen LogP contribution in [0.1, 0.15) is 18.9 Å². The van der Waals surface area contributed by atoms with Crippen molar-refractivity contribution in [1.29, 1.82) is 0 Å². The monoisotopic (exact) mass is 227 g/mol. The summed E-state index contributed by atoms with van der Waals surface area (Å²) in [7, 11) is 0. The van der Waals surface area contributed by atoms with E-state index >= 15 is 0 Å². The Labute approximate surface area is 93.9 Å². The van der Waals surface area contributed by atoms with E-state index < -0.39 is 11.4 Å². The SMILES string of the molecule is CC(CCN)(C(=O)O)c1ccc(Cl)cc1. The fourth-order valence-electron chi connectivity index (χ4n) is 1.48. The molecular formula is C11H14ClNO2. The predicted octanol–water partition coefficient (Wildman–Crippen LogP) is 2.03. The summed E-state index contributed by atoms with van der Waals surface area (Å²) in [6, 6.07) is 6.83. The van der Waals surface area contributed by atoms with E-state index in [0.717, 1.165) is 5.56 Å². The van der Waals surface area contributed by atoms with Crippen molar-refractivity contribution < 1.29 is 9.90 Å². The third-order valence-corrected chi connectivity index (χ3v) is 2.85. The van der Waals surface area contributed by atoms with Crippen LogP contribution in [0.15, 0.2) is 24.3 Å². The number of carboxylic acid groups (broad SMARTS) is 1. The Balaban J connectivity index is 3.09. The molecule has 3 nitrogen and oxygen atoms in total. The Morgan fingerprint density at radius 1 is 1.47 bits per heavy atom. The number of carboxylic acids is 1. The molecule has 3 N–H and O–H groups in total. The van der Waals surface area contributed by atoms with Crippen molar-refractivity contribution in [3.63, 3.8) is 0 Å². The summed E-state index contributed by atoms with van der Waals surface area (Å²) >= 11 is 5.75. The molecule has 1 aromatic rings. The first kappa shape index (κ1) is 12.0. The average Bonchev–Trinajstić information content (AvgIpc) is 2.18. The van der Waals surface area contributed by atoms with Gasteiger partial charge in [0.1, 0.15) is 0 Å². The van der Waals surface area contributed by atoms with Gasteiger partial charge in [0.15, 0.2) is 0 Å². The molecule has 1 aromatic carbocycles. The molecule has 0 radical (unpaired) electrons. The summed E-state index contributed by atoms with van der Waals surface area (Å²) in [6.07, 6.45) is 0.407. The van der Waals surface area contributed by atoms with Crippen LogP contribution < -0.4 is 5.73 Å². The van der Waals surface area contributed by atoms with Crippen LogP contribution in [0.5, 0.6) is 0 Å². The first-order chi connectivity index (χ1) is 7.00. The molecule has 1 unspecified atom stereocenters. The van der Waals surface area contributed by atoms with Gasteiger partial charge in [-0.1, -0.05) is 23.7 Å². The summed E-state index contributed by atoms with van der Waals surface area (Å²) in [5.41, 5.74) is 5.23. The second-order valence-corrected chi connectivity index (χ2v) is 4.12. The first-order valence-electron chi connectivity index (χ1n) is 4.70. The molecule has 0 spiro atoms. The van der Waals surface area contributed by atoms with Crippen LogP contribution in [0.3, 0.4) is 0 Å². The van der Waals surface area contributed by atoms with Gasteiger partial charge < -0.3 is 10.8 Å². The number of carbonyl (C=O) groups is 1. The zero-order chi connectivity index (χ0) is 11.5. The van der Waals surface area contributed by atoms with Crippen molar-refractivity contribution in [3.05, 3.63) is 34.9 Å². The molecule has 0 aromatic heterocycles. The van der Waals surface area contributed by atoms with Crippen molar-refractivity contribution in [1.82, 2.24) is 0 Å². The lowest BCUT2D eigenvalue weighted by atomic mass is 9.79. The van der Waals surface area contributed by atoms with E-state index in [0.29, 0.717) is 18.0 Å². The number of nitrogens with two attached hydrogens (primary N) is 1. The fraction of sp³-hybridized carbons (Fsp3) is 0.364. The van der Waals surface area contributed by atoms with Gasteiger partial charge in [0.2, 0.25) is 0 Å². The molecule has 0 bridgehead atoms. The lowest BCUT2D eigenvalue weighted by Gasteiger charge is -2.24. The maximum absolute atomic E-state index is 11.2. The van der Waals surface area contributed by atoms with Gasteiger partial charge in [-0.3, -0.25) is 4.79 Å². The van der Waals surface area contributed by atoms with E-state index in [1.165, 1.54) is 0 Å². The quantitative estimate of drug-likeness (QED) is 0.827. The van der Waals surface area contributed by atoms with Crippen LogP contribution in [-0.4, -0.2) is 17.6 Å². The lowest BCUT2D eigenvalue weighted by Crippen LogP contribution is -2.34. The minimum atomic E-state index is -0.931. The third kappa shape index (κ3) is 2.49. The second-order valence-electron chi connectivity index (χ2n) is 3.68. The number of benzene rings is 1. The molecule has 0 aliphatic heterocycles. The molecule has 15 heavy (non-hydrogen) atoms. The van der Waals surface area contributed by atoms with E-state index in [2.05, 4.69) is 0 Å². The summed E-state index contributed by atoms with van der Waals surface area (Å²) in [5.74, 6) is -0.865. The van der Waals surface area contributed by atoms with Gasteiger partial charge in [-0.2, -0.15) is 0 Å².